The summed E-state index contributed by atoms with van der Waals surface area (Å²) in [5, 5.41) is 9.34. The summed E-state index contributed by atoms with van der Waals surface area (Å²) in [6.07, 6.45) is 0. The fraction of sp³-hybridized carbons (Fsp3) is 0.0135. The predicted molar refractivity (Wildman–Crippen MR) is 323 cm³/mol. The quantitative estimate of drug-likeness (QED) is 0.172. The maximum absolute atomic E-state index is 7.01. The molecule has 364 valence electrons. The number of benzene rings is 12. The van der Waals surface area contributed by atoms with Crippen LogP contribution in [0.4, 0.5) is 0 Å². The Morgan fingerprint density at radius 1 is 0.304 bits per heavy atom. The van der Waals surface area contributed by atoms with E-state index in [4.69, 9.17) is 19.4 Å². The van der Waals surface area contributed by atoms with Crippen LogP contribution >= 0.6 is 0 Å². The molecule has 2 aliphatic rings. The average molecular weight is 1000 g/mol. The van der Waals surface area contributed by atoms with Gasteiger partial charge in [0.15, 0.2) is 17.5 Å². The van der Waals surface area contributed by atoms with Crippen LogP contribution in [0.5, 0.6) is 0 Å². The van der Waals surface area contributed by atoms with Gasteiger partial charge >= 0.3 is 0 Å². The van der Waals surface area contributed by atoms with Gasteiger partial charge in [-0.05, 0) is 126 Å². The minimum atomic E-state index is -0.503. The fourth-order valence-corrected chi connectivity index (χ4v) is 14.1. The monoisotopic (exact) mass is 1000 g/mol. The molecule has 0 fully saturated rings. The Morgan fingerprint density at radius 2 is 0.797 bits per heavy atom. The normalized spacial score (nSPS) is 13.2. The molecule has 0 unspecified atom stereocenters. The predicted octanol–water partition coefficient (Wildman–Crippen LogP) is 18.8. The number of hydrogen-bond donors (Lipinski definition) is 0. The molecule has 4 aromatic heterocycles. The Balaban J connectivity index is 0.811. The summed E-state index contributed by atoms with van der Waals surface area (Å²) in [6.45, 7) is 0. The molecule has 1 spiro atoms. The van der Waals surface area contributed by atoms with Crippen molar-refractivity contribution in [2.45, 2.75) is 5.41 Å². The summed E-state index contributed by atoms with van der Waals surface area (Å²) < 4.78 is 9.46. The van der Waals surface area contributed by atoms with Crippen LogP contribution < -0.4 is 0 Å². The second-order valence-corrected chi connectivity index (χ2v) is 21.3. The van der Waals surface area contributed by atoms with E-state index in [1.807, 2.05) is 0 Å². The highest BCUT2D eigenvalue weighted by Gasteiger charge is 2.51. The molecule has 12 aromatic carbocycles. The van der Waals surface area contributed by atoms with Crippen LogP contribution in [0.1, 0.15) is 22.3 Å². The first-order valence-corrected chi connectivity index (χ1v) is 27.1. The summed E-state index contributed by atoms with van der Waals surface area (Å²) in [5.41, 5.74) is 22.1. The lowest BCUT2D eigenvalue weighted by molar-refractivity contribution is 0.670. The molecule has 5 nitrogen and oxygen atoms in total. The van der Waals surface area contributed by atoms with Gasteiger partial charge in [-0.2, -0.15) is 0 Å². The van der Waals surface area contributed by atoms with Gasteiger partial charge in [-0.15, -0.1) is 0 Å². The third-order valence-electron chi connectivity index (χ3n) is 17.4. The SMILES string of the molecule is c1ccc(-c2ccccc2-c2nc(-c3ccc4c(c3)C3(c5ccccc5-c5ccccc53)c3ccccc3-4)nc(-c3ccc4cc(-c5ccc6c7ccccc7n7c8ccccc8c8ccc9oc5c6c9c87)ccc4c3)n2)cc1. The van der Waals surface area contributed by atoms with Gasteiger partial charge in [0.2, 0.25) is 0 Å². The molecule has 5 heteroatoms. The second-order valence-electron chi connectivity index (χ2n) is 21.3. The first-order valence-electron chi connectivity index (χ1n) is 27.1. The third-order valence-corrected chi connectivity index (χ3v) is 17.4. The van der Waals surface area contributed by atoms with Crippen LogP contribution in [0, 0.1) is 0 Å². The summed E-state index contributed by atoms with van der Waals surface area (Å²) in [5.74, 6) is 1.85. The van der Waals surface area contributed by atoms with Crippen molar-refractivity contribution in [3.8, 4) is 78.7 Å². The zero-order valence-corrected chi connectivity index (χ0v) is 42.4. The summed E-state index contributed by atoms with van der Waals surface area (Å²) >= 11 is 0. The van der Waals surface area contributed by atoms with Crippen LogP contribution in [0.15, 0.2) is 259 Å². The molecular formula is C74H42N4O. The second kappa shape index (κ2) is 15.8. The Labute approximate surface area is 453 Å². The van der Waals surface area contributed by atoms with Crippen LogP contribution in [0.2, 0.25) is 0 Å². The zero-order valence-electron chi connectivity index (χ0n) is 42.4. The summed E-state index contributed by atoms with van der Waals surface area (Å²) in [7, 11) is 0. The standard InChI is InChI=1S/C74H42N4O/c1-2-16-43(17-3-1)49-18-4-5-24-59(49)73-76-71(75-72(77-73)48-34-35-54-53-21-8-13-27-62(53)74(63(54)42-48)60-25-11-6-19-51(60)52-20-7-12-26-61(52)74)47-33-31-44-40-46(32-30-45(44)41-47)50-36-37-57-55-22-9-14-28-64(55)78-65-29-15-10-23-56(65)58-38-39-66-68(69(58)78)67(57)70(50)79-66/h1-42H. The lowest BCUT2D eigenvalue weighted by atomic mass is 9.70. The van der Waals surface area contributed by atoms with Crippen molar-refractivity contribution in [2.24, 2.45) is 0 Å². The summed E-state index contributed by atoms with van der Waals surface area (Å²) in [4.78, 5) is 16.3. The molecule has 0 saturated carbocycles. The maximum Gasteiger partial charge on any atom is 0.164 e. The van der Waals surface area contributed by atoms with Crippen LogP contribution in [0.3, 0.4) is 0 Å². The number of para-hydroxylation sites is 2. The summed E-state index contributed by atoms with van der Waals surface area (Å²) in [6, 6.07) is 92.4. The van der Waals surface area contributed by atoms with Crippen LogP contribution in [-0.2, 0) is 5.41 Å². The minimum absolute atomic E-state index is 0.503. The first kappa shape index (κ1) is 42.7. The van der Waals surface area contributed by atoms with E-state index in [1.54, 1.807) is 0 Å². The first-order chi connectivity index (χ1) is 39.2. The van der Waals surface area contributed by atoms with Gasteiger partial charge in [0.05, 0.1) is 27.4 Å². The van der Waals surface area contributed by atoms with E-state index in [0.717, 1.165) is 71.7 Å². The molecule has 0 amide bonds. The maximum atomic E-state index is 7.01. The van der Waals surface area contributed by atoms with E-state index in [9.17, 15) is 0 Å². The smallest absolute Gasteiger partial charge is 0.164 e. The van der Waals surface area contributed by atoms with Gasteiger partial charge in [-0.1, -0.05) is 206 Å². The van der Waals surface area contributed by atoms with Crippen molar-refractivity contribution < 1.29 is 4.42 Å². The van der Waals surface area contributed by atoms with E-state index in [-0.39, 0.29) is 0 Å². The molecule has 0 aliphatic heterocycles. The van der Waals surface area contributed by atoms with E-state index in [0.29, 0.717) is 17.5 Å². The highest BCUT2D eigenvalue weighted by Crippen LogP contribution is 2.63. The largest absolute Gasteiger partial charge is 0.455 e. The molecule has 0 atom stereocenters. The number of hydrogen-bond acceptors (Lipinski definition) is 4. The molecule has 0 radical (unpaired) electrons. The van der Waals surface area contributed by atoms with Crippen molar-refractivity contribution >= 4 is 70.8 Å². The average Bonchev–Trinajstić information content (AvgIpc) is 3.09. The van der Waals surface area contributed by atoms with Crippen molar-refractivity contribution in [1.29, 1.82) is 0 Å². The van der Waals surface area contributed by atoms with Crippen molar-refractivity contribution in [3.05, 3.63) is 277 Å². The molecule has 0 bridgehead atoms. The molecular weight excluding hydrogens is 961 g/mol. The zero-order chi connectivity index (χ0) is 51.5. The molecule has 0 saturated heterocycles. The Kier molecular flexibility index (Phi) is 8.54. The number of rotatable bonds is 5. The Morgan fingerprint density at radius 3 is 1.48 bits per heavy atom. The molecule has 18 rings (SSSR count). The minimum Gasteiger partial charge on any atom is -0.455 e. The lowest BCUT2D eigenvalue weighted by Gasteiger charge is -2.30. The fourth-order valence-electron chi connectivity index (χ4n) is 14.1. The molecule has 0 N–H and O–H groups in total. The lowest BCUT2D eigenvalue weighted by Crippen LogP contribution is -2.25. The molecule has 4 heterocycles. The van der Waals surface area contributed by atoms with E-state index in [1.165, 1.54) is 82.6 Å². The van der Waals surface area contributed by atoms with Crippen molar-refractivity contribution in [3.63, 3.8) is 0 Å². The van der Waals surface area contributed by atoms with Crippen molar-refractivity contribution in [1.82, 2.24) is 19.4 Å². The van der Waals surface area contributed by atoms with Crippen LogP contribution in [-0.4, -0.2) is 19.4 Å². The van der Waals surface area contributed by atoms with Gasteiger partial charge in [-0.25, -0.2) is 15.0 Å². The molecule has 16 aromatic rings. The van der Waals surface area contributed by atoms with E-state index in [2.05, 4.69) is 259 Å². The number of aromatic nitrogens is 4. The van der Waals surface area contributed by atoms with Gasteiger partial charge in [-0.3, -0.25) is 0 Å². The third kappa shape index (κ3) is 5.75. The van der Waals surface area contributed by atoms with E-state index >= 15 is 0 Å². The number of nitrogens with zero attached hydrogens (tertiary/aromatic N) is 4. The number of fused-ring (bicyclic) bond motifs is 17. The van der Waals surface area contributed by atoms with Crippen molar-refractivity contribution in [2.75, 3.05) is 0 Å². The Hall–Kier alpha value is -10.5. The van der Waals surface area contributed by atoms with E-state index < -0.39 is 5.41 Å². The van der Waals surface area contributed by atoms with Gasteiger partial charge < -0.3 is 8.82 Å². The Bertz CT molecular complexity index is 5210. The van der Waals surface area contributed by atoms with Gasteiger partial charge in [0, 0.05) is 43.8 Å². The highest BCUT2D eigenvalue weighted by molar-refractivity contribution is 6.33. The molecule has 2 aliphatic carbocycles. The molecule has 79 heavy (non-hydrogen) atoms. The number of furan rings is 1. The van der Waals surface area contributed by atoms with Crippen LogP contribution in [0.25, 0.3) is 149 Å². The van der Waals surface area contributed by atoms with Gasteiger partial charge in [0.25, 0.3) is 0 Å². The van der Waals surface area contributed by atoms with Gasteiger partial charge in [0.1, 0.15) is 11.2 Å². The highest BCUT2D eigenvalue weighted by atomic mass is 16.3. The topological polar surface area (TPSA) is 56.2 Å².